The van der Waals surface area contributed by atoms with Crippen LogP contribution in [0.4, 0.5) is 0 Å². The van der Waals surface area contributed by atoms with Gasteiger partial charge in [-0.25, -0.2) is 8.42 Å². The summed E-state index contributed by atoms with van der Waals surface area (Å²) in [4.78, 5) is 17.9. The van der Waals surface area contributed by atoms with Gasteiger partial charge in [0.1, 0.15) is 17.3 Å². The number of amides is 1. The van der Waals surface area contributed by atoms with E-state index >= 15 is 0 Å². The molecule has 2 saturated heterocycles. The maximum absolute atomic E-state index is 12.9. The molecular formula is C18H32N4O3S2+2. The number of nitrogens with one attached hydrogen (secondary N) is 2. The molecule has 0 bridgehead atoms. The molecule has 1 amide bonds. The standard InChI is InChI=1S/C18H30N4O3S2/c1-19(2)9-10-20-11-13-21(14-12-20)18(23)16-5-7-22(8-6-16)27(24,25)17-4-3-15-26-17/h3-4,15-16H,5-14H2,1-2H3/p+2. The molecule has 2 aliphatic rings. The summed E-state index contributed by atoms with van der Waals surface area (Å²) in [5, 5.41) is 1.78. The summed E-state index contributed by atoms with van der Waals surface area (Å²) in [6, 6.07) is 3.41. The molecule has 0 aliphatic carbocycles. The Hall–Kier alpha value is -1.00. The summed E-state index contributed by atoms with van der Waals surface area (Å²) in [5.74, 6) is 0.188. The Bertz CT molecular complexity index is 705. The minimum Gasteiger partial charge on any atom is -0.335 e. The van der Waals surface area contributed by atoms with E-state index in [0.717, 1.165) is 39.3 Å². The molecule has 2 aliphatic heterocycles. The molecule has 1 aromatic heterocycles. The first-order valence-corrected chi connectivity index (χ1v) is 12.1. The fourth-order valence-electron chi connectivity index (χ4n) is 3.86. The fourth-order valence-corrected chi connectivity index (χ4v) is 6.47. The van der Waals surface area contributed by atoms with Crippen molar-refractivity contribution in [1.29, 1.82) is 0 Å². The number of piperazine rings is 1. The smallest absolute Gasteiger partial charge is 0.252 e. The first-order chi connectivity index (χ1) is 12.9. The number of nitrogens with zero attached hydrogens (tertiary/aromatic N) is 2. The molecule has 7 nitrogen and oxygen atoms in total. The van der Waals surface area contributed by atoms with Gasteiger partial charge in [0.15, 0.2) is 0 Å². The summed E-state index contributed by atoms with van der Waals surface area (Å²) in [6.07, 6.45) is 1.25. The van der Waals surface area contributed by atoms with E-state index in [0.29, 0.717) is 30.1 Å². The SMILES string of the molecule is C[NH+](C)CC[NH+]1CCN(C(=O)C2CCN(S(=O)(=O)c3cccs3)CC2)CC1. The maximum Gasteiger partial charge on any atom is 0.252 e. The summed E-state index contributed by atoms with van der Waals surface area (Å²) < 4.78 is 27.1. The van der Waals surface area contributed by atoms with Gasteiger partial charge in [0.05, 0.1) is 40.3 Å². The van der Waals surface area contributed by atoms with Crippen molar-refractivity contribution in [2.75, 3.05) is 66.5 Å². The number of rotatable bonds is 6. The second-order valence-electron chi connectivity index (χ2n) is 7.89. The lowest BCUT2D eigenvalue weighted by Gasteiger charge is -2.36. The molecule has 0 aromatic carbocycles. The normalized spacial score (nSPS) is 21.1. The molecule has 2 N–H and O–H groups in total. The molecule has 0 atom stereocenters. The molecule has 9 heteroatoms. The highest BCUT2D eigenvalue weighted by Crippen LogP contribution is 2.27. The molecule has 152 valence electrons. The van der Waals surface area contributed by atoms with Crippen LogP contribution in [0.25, 0.3) is 0 Å². The van der Waals surface area contributed by atoms with Crippen LogP contribution in [-0.4, -0.2) is 90.0 Å². The Morgan fingerprint density at radius 2 is 1.89 bits per heavy atom. The second-order valence-corrected chi connectivity index (χ2v) is 11.0. The quantitative estimate of drug-likeness (QED) is 0.565. The van der Waals surface area contributed by atoms with Gasteiger partial charge in [-0.1, -0.05) is 6.07 Å². The molecule has 1 aromatic rings. The zero-order chi connectivity index (χ0) is 19.4. The monoisotopic (exact) mass is 416 g/mol. The van der Waals surface area contributed by atoms with Crippen molar-refractivity contribution in [3.63, 3.8) is 0 Å². The summed E-state index contributed by atoms with van der Waals surface area (Å²) >= 11 is 1.25. The van der Waals surface area contributed by atoms with Gasteiger partial charge in [-0.3, -0.25) is 4.79 Å². The van der Waals surface area contributed by atoms with Gasteiger partial charge in [0, 0.05) is 19.0 Å². The summed E-state index contributed by atoms with van der Waals surface area (Å²) in [7, 11) is 0.950. The molecular weight excluding hydrogens is 384 g/mol. The van der Waals surface area contributed by atoms with Crippen LogP contribution in [-0.2, 0) is 14.8 Å². The summed E-state index contributed by atoms with van der Waals surface area (Å²) in [6.45, 7) is 6.87. The van der Waals surface area contributed by atoms with E-state index in [9.17, 15) is 13.2 Å². The average Bonchev–Trinajstić information content (AvgIpc) is 3.22. The highest BCUT2D eigenvalue weighted by Gasteiger charge is 2.35. The van der Waals surface area contributed by atoms with E-state index in [2.05, 4.69) is 14.1 Å². The van der Waals surface area contributed by atoms with Crippen molar-refractivity contribution < 1.29 is 23.0 Å². The Labute approximate surface area is 166 Å². The van der Waals surface area contributed by atoms with E-state index < -0.39 is 10.0 Å². The lowest BCUT2D eigenvalue weighted by molar-refractivity contribution is -0.943. The number of likely N-dealkylation sites (N-methyl/N-ethyl adjacent to an activating group) is 1. The molecule has 0 spiro atoms. The van der Waals surface area contributed by atoms with Crippen LogP contribution in [0.15, 0.2) is 21.7 Å². The molecule has 0 unspecified atom stereocenters. The summed E-state index contributed by atoms with van der Waals surface area (Å²) in [5.41, 5.74) is 0. The number of hydrogen-bond donors (Lipinski definition) is 2. The van der Waals surface area contributed by atoms with Crippen LogP contribution >= 0.6 is 11.3 Å². The van der Waals surface area contributed by atoms with Crippen molar-refractivity contribution >= 4 is 27.3 Å². The molecule has 0 saturated carbocycles. The van der Waals surface area contributed by atoms with Crippen LogP contribution in [0, 0.1) is 5.92 Å². The molecule has 3 rings (SSSR count). The number of quaternary nitrogens is 2. The van der Waals surface area contributed by atoms with Crippen LogP contribution < -0.4 is 9.80 Å². The number of carbonyl (C=O) groups excluding carboxylic acids is 1. The van der Waals surface area contributed by atoms with E-state index in [1.54, 1.807) is 22.4 Å². The van der Waals surface area contributed by atoms with E-state index in [4.69, 9.17) is 0 Å². The van der Waals surface area contributed by atoms with Crippen LogP contribution in [0.3, 0.4) is 0 Å². The zero-order valence-electron chi connectivity index (χ0n) is 16.3. The zero-order valence-corrected chi connectivity index (χ0v) is 17.9. The highest BCUT2D eigenvalue weighted by molar-refractivity contribution is 7.91. The lowest BCUT2D eigenvalue weighted by Crippen LogP contribution is -3.19. The topological polar surface area (TPSA) is 66.6 Å². The van der Waals surface area contributed by atoms with Gasteiger partial charge in [0.25, 0.3) is 10.0 Å². The van der Waals surface area contributed by atoms with Gasteiger partial charge < -0.3 is 14.7 Å². The Balaban J connectivity index is 1.47. The van der Waals surface area contributed by atoms with Gasteiger partial charge in [-0.2, -0.15) is 4.31 Å². The first-order valence-electron chi connectivity index (χ1n) is 9.83. The largest absolute Gasteiger partial charge is 0.335 e. The Kier molecular flexibility index (Phi) is 6.91. The van der Waals surface area contributed by atoms with E-state index in [-0.39, 0.29) is 11.8 Å². The lowest BCUT2D eigenvalue weighted by atomic mass is 9.96. The minimum atomic E-state index is -3.39. The number of carbonyl (C=O) groups is 1. The van der Waals surface area contributed by atoms with Crippen molar-refractivity contribution in [3.8, 4) is 0 Å². The van der Waals surface area contributed by atoms with Crippen molar-refractivity contribution in [2.24, 2.45) is 5.92 Å². The van der Waals surface area contributed by atoms with Gasteiger partial charge in [-0.15, -0.1) is 11.3 Å². The highest BCUT2D eigenvalue weighted by atomic mass is 32.2. The van der Waals surface area contributed by atoms with Crippen LogP contribution in [0.2, 0.25) is 0 Å². The molecule has 0 radical (unpaired) electrons. The third kappa shape index (κ3) is 5.08. The van der Waals surface area contributed by atoms with Crippen molar-refractivity contribution in [1.82, 2.24) is 9.21 Å². The Morgan fingerprint density at radius 1 is 1.22 bits per heavy atom. The predicted molar refractivity (Wildman–Crippen MR) is 106 cm³/mol. The molecule has 27 heavy (non-hydrogen) atoms. The van der Waals surface area contributed by atoms with Crippen LogP contribution in [0.5, 0.6) is 0 Å². The maximum atomic E-state index is 12.9. The van der Waals surface area contributed by atoms with Gasteiger partial charge in [0.2, 0.25) is 5.91 Å². The van der Waals surface area contributed by atoms with E-state index in [1.165, 1.54) is 20.5 Å². The third-order valence-corrected chi connectivity index (χ3v) is 8.92. The van der Waals surface area contributed by atoms with Crippen molar-refractivity contribution in [3.05, 3.63) is 17.5 Å². The number of hydrogen-bond acceptors (Lipinski definition) is 4. The van der Waals surface area contributed by atoms with Crippen molar-refractivity contribution in [2.45, 2.75) is 17.1 Å². The fraction of sp³-hybridized carbons (Fsp3) is 0.722. The van der Waals surface area contributed by atoms with Crippen LogP contribution in [0.1, 0.15) is 12.8 Å². The van der Waals surface area contributed by atoms with Gasteiger partial charge >= 0.3 is 0 Å². The van der Waals surface area contributed by atoms with E-state index in [1.807, 2.05) is 4.90 Å². The average molecular weight is 417 g/mol. The second kappa shape index (κ2) is 9.00. The number of piperidine rings is 1. The first kappa shape index (κ1) is 20.7. The number of thiophene rings is 1. The minimum absolute atomic E-state index is 0.0347. The Morgan fingerprint density at radius 3 is 2.44 bits per heavy atom. The van der Waals surface area contributed by atoms with Gasteiger partial charge in [-0.05, 0) is 24.3 Å². The molecule has 3 heterocycles. The predicted octanol–water partition coefficient (Wildman–Crippen LogP) is -1.98. The molecule has 2 fully saturated rings. The number of sulfonamides is 1. The third-order valence-electron chi connectivity index (χ3n) is 5.65.